The van der Waals surface area contributed by atoms with Crippen LogP contribution in [0.2, 0.25) is 0 Å². The van der Waals surface area contributed by atoms with Gasteiger partial charge in [-0.2, -0.15) is 0 Å². The summed E-state index contributed by atoms with van der Waals surface area (Å²) in [6, 6.07) is 0. The van der Waals surface area contributed by atoms with Gasteiger partial charge in [-0.25, -0.2) is 4.79 Å². The van der Waals surface area contributed by atoms with Crippen molar-refractivity contribution in [2.75, 3.05) is 0 Å². The Labute approximate surface area is 101 Å². The molecule has 0 atom stereocenters. The van der Waals surface area contributed by atoms with Crippen molar-refractivity contribution in [3.8, 4) is 0 Å². The molecule has 0 unspecified atom stereocenters. The van der Waals surface area contributed by atoms with Crippen LogP contribution in [0.5, 0.6) is 0 Å². The van der Waals surface area contributed by atoms with Gasteiger partial charge in [0.25, 0.3) is 5.56 Å². The first-order valence-corrected chi connectivity index (χ1v) is 6.35. The third-order valence-electron chi connectivity index (χ3n) is 3.75. The molecule has 1 aliphatic carbocycles. The van der Waals surface area contributed by atoms with Crippen molar-refractivity contribution in [2.24, 2.45) is 20.0 Å². The predicted molar refractivity (Wildman–Crippen MR) is 67.2 cm³/mol. The lowest BCUT2D eigenvalue weighted by molar-refractivity contribution is 0.354. The molecule has 2 rings (SSSR count). The van der Waals surface area contributed by atoms with Crippen LogP contribution in [0.4, 0.5) is 0 Å². The number of nitrogens with zero attached hydrogens (tertiary/aromatic N) is 2. The van der Waals surface area contributed by atoms with Gasteiger partial charge in [-0.05, 0) is 12.3 Å². The van der Waals surface area contributed by atoms with E-state index < -0.39 is 0 Å². The highest BCUT2D eigenvalue weighted by atomic mass is 16.2. The lowest BCUT2D eigenvalue weighted by atomic mass is 9.85. The molecule has 0 spiro atoms. The van der Waals surface area contributed by atoms with Gasteiger partial charge in [0.1, 0.15) is 0 Å². The Morgan fingerprint density at radius 1 is 1.18 bits per heavy atom. The third kappa shape index (κ3) is 2.51. The molecule has 1 heterocycles. The summed E-state index contributed by atoms with van der Waals surface area (Å²) in [4.78, 5) is 23.5. The molecule has 1 saturated carbocycles. The smallest absolute Gasteiger partial charge is 0.303 e. The first kappa shape index (κ1) is 12.1. The number of rotatable bonds is 2. The monoisotopic (exact) mass is 236 g/mol. The minimum absolute atomic E-state index is 0.126. The summed E-state index contributed by atoms with van der Waals surface area (Å²) in [6.07, 6.45) is 8.83. The van der Waals surface area contributed by atoms with E-state index in [9.17, 15) is 9.59 Å². The fourth-order valence-corrected chi connectivity index (χ4v) is 2.73. The fourth-order valence-electron chi connectivity index (χ4n) is 2.73. The summed E-state index contributed by atoms with van der Waals surface area (Å²) in [5.74, 6) is 0.619. The minimum Gasteiger partial charge on any atom is -0.303 e. The van der Waals surface area contributed by atoms with Gasteiger partial charge in [-0.3, -0.25) is 9.36 Å². The lowest BCUT2D eigenvalue weighted by Crippen LogP contribution is -2.38. The molecule has 1 aromatic heterocycles. The summed E-state index contributed by atoms with van der Waals surface area (Å²) in [6.45, 7) is 0. The summed E-state index contributed by atoms with van der Waals surface area (Å²) < 4.78 is 2.71. The molecule has 4 nitrogen and oxygen atoms in total. The third-order valence-corrected chi connectivity index (χ3v) is 3.75. The van der Waals surface area contributed by atoms with Crippen LogP contribution in [-0.4, -0.2) is 9.13 Å². The minimum atomic E-state index is -0.248. The largest absolute Gasteiger partial charge is 0.330 e. The van der Waals surface area contributed by atoms with Gasteiger partial charge < -0.3 is 4.57 Å². The maximum atomic E-state index is 12.0. The van der Waals surface area contributed by atoms with E-state index in [0.717, 1.165) is 12.0 Å². The highest BCUT2D eigenvalue weighted by Crippen LogP contribution is 2.25. The van der Waals surface area contributed by atoms with Crippen LogP contribution in [0.3, 0.4) is 0 Å². The Kier molecular flexibility index (Phi) is 3.50. The molecule has 0 amide bonds. The summed E-state index contributed by atoms with van der Waals surface area (Å²) in [7, 11) is 3.25. The topological polar surface area (TPSA) is 44.0 Å². The zero-order valence-electron chi connectivity index (χ0n) is 10.6. The summed E-state index contributed by atoms with van der Waals surface area (Å²) >= 11 is 0. The van der Waals surface area contributed by atoms with Crippen LogP contribution in [-0.2, 0) is 20.5 Å². The highest BCUT2D eigenvalue weighted by Gasteiger charge is 2.16. The van der Waals surface area contributed by atoms with E-state index >= 15 is 0 Å². The van der Waals surface area contributed by atoms with E-state index in [1.165, 1.54) is 41.2 Å². The van der Waals surface area contributed by atoms with E-state index in [0.29, 0.717) is 5.92 Å². The van der Waals surface area contributed by atoms with Crippen LogP contribution >= 0.6 is 0 Å². The molecule has 0 aliphatic heterocycles. The Bertz CT molecular complexity index is 507. The average molecular weight is 236 g/mol. The van der Waals surface area contributed by atoms with Gasteiger partial charge in [0.2, 0.25) is 0 Å². The van der Waals surface area contributed by atoms with Crippen LogP contribution in [0.15, 0.2) is 15.8 Å². The van der Waals surface area contributed by atoms with Gasteiger partial charge >= 0.3 is 5.69 Å². The first-order valence-electron chi connectivity index (χ1n) is 6.35. The Morgan fingerprint density at radius 2 is 1.82 bits per heavy atom. The van der Waals surface area contributed by atoms with Crippen molar-refractivity contribution in [3.63, 3.8) is 0 Å². The standard InChI is InChI=1S/C13H20N2O2/c1-14-9-11(12(16)15(2)13(14)17)8-10-6-4-3-5-7-10/h9-10H,3-8H2,1-2H3. The lowest BCUT2D eigenvalue weighted by Gasteiger charge is -2.21. The summed E-state index contributed by atoms with van der Waals surface area (Å²) in [5.41, 5.74) is 0.405. The molecule has 0 N–H and O–H groups in total. The van der Waals surface area contributed by atoms with Gasteiger partial charge in [0.05, 0.1) is 0 Å². The van der Waals surface area contributed by atoms with Crippen molar-refractivity contribution in [1.29, 1.82) is 0 Å². The molecular formula is C13H20N2O2. The molecule has 1 aliphatic rings. The van der Waals surface area contributed by atoms with Crippen molar-refractivity contribution in [3.05, 3.63) is 32.6 Å². The zero-order valence-corrected chi connectivity index (χ0v) is 10.6. The molecule has 0 aromatic carbocycles. The normalized spacial score (nSPS) is 17.3. The number of aryl methyl sites for hydroxylation is 1. The maximum absolute atomic E-state index is 12.0. The van der Waals surface area contributed by atoms with E-state index in [1.54, 1.807) is 20.3 Å². The molecular weight excluding hydrogens is 216 g/mol. The number of hydrogen-bond acceptors (Lipinski definition) is 2. The van der Waals surface area contributed by atoms with Gasteiger partial charge in [-0.1, -0.05) is 32.1 Å². The van der Waals surface area contributed by atoms with Crippen molar-refractivity contribution >= 4 is 0 Å². The van der Waals surface area contributed by atoms with Crippen molar-refractivity contribution in [2.45, 2.75) is 38.5 Å². The Balaban J connectivity index is 2.27. The van der Waals surface area contributed by atoms with E-state index in [1.807, 2.05) is 0 Å². The molecule has 0 bridgehead atoms. The van der Waals surface area contributed by atoms with E-state index in [2.05, 4.69) is 0 Å². The fraction of sp³-hybridized carbons (Fsp3) is 0.692. The predicted octanol–water partition coefficient (Wildman–Crippen LogP) is 1.21. The number of hydrogen-bond donors (Lipinski definition) is 0. The SMILES string of the molecule is Cn1cc(CC2CCCCC2)c(=O)n(C)c1=O. The Morgan fingerprint density at radius 3 is 2.47 bits per heavy atom. The van der Waals surface area contributed by atoms with E-state index in [-0.39, 0.29) is 11.2 Å². The average Bonchev–Trinajstić information content (AvgIpc) is 2.35. The van der Waals surface area contributed by atoms with Gasteiger partial charge in [0, 0.05) is 25.9 Å². The molecule has 17 heavy (non-hydrogen) atoms. The second kappa shape index (κ2) is 4.90. The zero-order chi connectivity index (χ0) is 12.4. The molecule has 0 saturated heterocycles. The van der Waals surface area contributed by atoms with Crippen molar-refractivity contribution in [1.82, 2.24) is 9.13 Å². The molecule has 1 aromatic rings. The van der Waals surface area contributed by atoms with Crippen LogP contribution in [0, 0.1) is 5.92 Å². The van der Waals surface area contributed by atoms with E-state index in [4.69, 9.17) is 0 Å². The van der Waals surface area contributed by atoms with Crippen molar-refractivity contribution < 1.29 is 0 Å². The quantitative estimate of drug-likeness (QED) is 0.774. The van der Waals surface area contributed by atoms with Gasteiger partial charge in [0.15, 0.2) is 0 Å². The summed E-state index contributed by atoms with van der Waals surface area (Å²) in [5, 5.41) is 0. The second-order valence-corrected chi connectivity index (χ2v) is 5.12. The molecule has 94 valence electrons. The maximum Gasteiger partial charge on any atom is 0.330 e. The molecule has 4 heteroatoms. The Hall–Kier alpha value is -1.32. The first-order chi connectivity index (χ1) is 8.09. The van der Waals surface area contributed by atoms with Crippen LogP contribution in [0.1, 0.15) is 37.7 Å². The van der Waals surface area contributed by atoms with Crippen LogP contribution in [0.25, 0.3) is 0 Å². The highest BCUT2D eigenvalue weighted by molar-refractivity contribution is 5.06. The number of aromatic nitrogens is 2. The van der Waals surface area contributed by atoms with Gasteiger partial charge in [-0.15, -0.1) is 0 Å². The van der Waals surface area contributed by atoms with Crippen LogP contribution < -0.4 is 11.2 Å². The molecule has 0 radical (unpaired) electrons. The second-order valence-electron chi connectivity index (χ2n) is 5.12. The molecule has 1 fully saturated rings.